The molecule has 5 nitrogen and oxygen atoms in total. The first kappa shape index (κ1) is 17.7. The third-order valence-electron chi connectivity index (χ3n) is 4.33. The third-order valence-corrected chi connectivity index (χ3v) is 4.33. The molecule has 0 aliphatic carbocycles. The molecule has 0 spiro atoms. The molecular formula is C17H27FN4O. The summed E-state index contributed by atoms with van der Waals surface area (Å²) in [6.45, 7) is 7.81. The number of carbonyl (C=O) groups excluding carboxylic acids is 1. The predicted octanol–water partition coefficient (Wildman–Crippen LogP) is 1.19. The quantitative estimate of drug-likeness (QED) is 0.826. The standard InChI is InChI=1S/C17H27FN4O/c1-13(19)7-8-20-17(23)14(2)21-9-11-22(12-10-21)16-5-3-15(18)4-6-16/h3-6,13-14H,7-12,19H2,1-2H3,(H,20,23). The molecule has 2 atom stereocenters. The Hall–Kier alpha value is -1.66. The fourth-order valence-corrected chi connectivity index (χ4v) is 2.76. The summed E-state index contributed by atoms with van der Waals surface area (Å²) < 4.78 is 13.0. The highest BCUT2D eigenvalue weighted by Crippen LogP contribution is 2.17. The van der Waals surface area contributed by atoms with Gasteiger partial charge in [-0.05, 0) is 44.5 Å². The van der Waals surface area contributed by atoms with E-state index in [1.165, 1.54) is 12.1 Å². The van der Waals surface area contributed by atoms with E-state index in [-0.39, 0.29) is 23.8 Å². The Kier molecular flexibility index (Phi) is 6.36. The van der Waals surface area contributed by atoms with E-state index in [1.54, 1.807) is 12.1 Å². The van der Waals surface area contributed by atoms with Gasteiger partial charge in [-0.2, -0.15) is 0 Å². The molecule has 23 heavy (non-hydrogen) atoms. The van der Waals surface area contributed by atoms with Gasteiger partial charge in [-0.1, -0.05) is 0 Å². The number of hydrogen-bond donors (Lipinski definition) is 2. The van der Waals surface area contributed by atoms with Crippen molar-refractivity contribution in [3.63, 3.8) is 0 Å². The van der Waals surface area contributed by atoms with Crippen molar-refractivity contribution in [1.29, 1.82) is 0 Å². The van der Waals surface area contributed by atoms with E-state index in [2.05, 4.69) is 15.1 Å². The van der Waals surface area contributed by atoms with Crippen molar-refractivity contribution in [2.45, 2.75) is 32.4 Å². The number of nitrogens with zero attached hydrogens (tertiary/aromatic N) is 2. The fourth-order valence-electron chi connectivity index (χ4n) is 2.76. The van der Waals surface area contributed by atoms with Gasteiger partial charge in [0.2, 0.25) is 5.91 Å². The van der Waals surface area contributed by atoms with Gasteiger partial charge in [-0.15, -0.1) is 0 Å². The third kappa shape index (κ3) is 5.18. The zero-order valence-corrected chi connectivity index (χ0v) is 14.0. The number of benzene rings is 1. The summed E-state index contributed by atoms with van der Waals surface area (Å²) in [5.41, 5.74) is 6.71. The maximum atomic E-state index is 13.0. The van der Waals surface area contributed by atoms with Crippen LogP contribution in [0.1, 0.15) is 20.3 Å². The summed E-state index contributed by atoms with van der Waals surface area (Å²) in [5.74, 6) is -0.162. The van der Waals surface area contributed by atoms with E-state index < -0.39 is 0 Å². The number of piperazine rings is 1. The Morgan fingerprint density at radius 3 is 2.39 bits per heavy atom. The van der Waals surface area contributed by atoms with Gasteiger partial charge in [0.1, 0.15) is 5.82 Å². The number of nitrogens with two attached hydrogens (primary N) is 1. The number of anilines is 1. The summed E-state index contributed by atoms with van der Waals surface area (Å²) >= 11 is 0. The number of nitrogens with one attached hydrogen (secondary N) is 1. The predicted molar refractivity (Wildman–Crippen MR) is 90.9 cm³/mol. The van der Waals surface area contributed by atoms with Crippen molar-refractivity contribution in [3.05, 3.63) is 30.1 Å². The van der Waals surface area contributed by atoms with Crippen molar-refractivity contribution in [2.24, 2.45) is 5.73 Å². The summed E-state index contributed by atoms with van der Waals surface area (Å²) in [4.78, 5) is 16.6. The van der Waals surface area contributed by atoms with E-state index in [0.29, 0.717) is 6.54 Å². The van der Waals surface area contributed by atoms with Crippen LogP contribution in [0.5, 0.6) is 0 Å². The average molecular weight is 322 g/mol. The molecule has 1 aliphatic heterocycles. The summed E-state index contributed by atoms with van der Waals surface area (Å²) in [6.07, 6.45) is 0.788. The van der Waals surface area contributed by atoms with Gasteiger partial charge in [-0.3, -0.25) is 9.69 Å². The fraction of sp³-hybridized carbons (Fsp3) is 0.588. The molecule has 1 amide bonds. The van der Waals surface area contributed by atoms with Crippen LogP contribution < -0.4 is 16.0 Å². The Morgan fingerprint density at radius 2 is 1.83 bits per heavy atom. The second-order valence-corrected chi connectivity index (χ2v) is 6.23. The second kappa shape index (κ2) is 8.26. The maximum absolute atomic E-state index is 13.0. The van der Waals surface area contributed by atoms with Crippen LogP contribution in [-0.4, -0.2) is 55.6 Å². The van der Waals surface area contributed by atoms with Crippen LogP contribution in [0.3, 0.4) is 0 Å². The first-order valence-electron chi connectivity index (χ1n) is 8.25. The lowest BCUT2D eigenvalue weighted by Crippen LogP contribution is -2.54. The molecule has 1 fully saturated rings. The average Bonchev–Trinajstić information content (AvgIpc) is 2.54. The highest BCUT2D eigenvalue weighted by molar-refractivity contribution is 5.81. The molecule has 1 aromatic rings. The Balaban J connectivity index is 1.79. The zero-order chi connectivity index (χ0) is 16.8. The summed E-state index contributed by atoms with van der Waals surface area (Å²) in [5, 5.41) is 2.94. The first-order valence-corrected chi connectivity index (χ1v) is 8.25. The molecular weight excluding hydrogens is 295 g/mol. The second-order valence-electron chi connectivity index (χ2n) is 6.23. The van der Waals surface area contributed by atoms with Crippen LogP contribution in [0.15, 0.2) is 24.3 Å². The number of rotatable bonds is 6. The highest BCUT2D eigenvalue weighted by atomic mass is 19.1. The van der Waals surface area contributed by atoms with E-state index in [4.69, 9.17) is 5.73 Å². The van der Waals surface area contributed by atoms with Gasteiger partial charge >= 0.3 is 0 Å². The van der Waals surface area contributed by atoms with Crippen LogP contribution in [0.4, 0.5) is 10.1 Å². The van der Waals surface area contributed by atoms with Gasteiger partial charge in [0.25, 0.3) is 0 Å². The van der Waals surface area contributed by atoms with Gasteiger partial charge in [-0.25, -0.2) is 4.39 Å². The van der Waals surface area contributed by atoms with E-state index in [9.17, 15) is 9.18 Å². The minimum Gasteiger partial charge on any atom is -0.369 e. The van der Waals surface area contributed by atoms with E-state index in [1.807, 2.05) is 13.8 Å². The Morgan fingerprint density at radius 1 is 1.22 bits per heavy atom. The van der Waals surface area contributed by atoms with Gasteiger partial charge in [0.05, 0.1) is 6.04 Å². The first-order chi connectivity index (χ1) is 11.0. The maximum Gasteiger partial charge on any atom is 0.237 e. The van der Waals surface area contributed by atoms with Crippen molar-refractivity contribution in [3.8, 4) is 0 Å². The monoisotopic (exact) mass is 322 g/mol. The molecule has 0 aromatic heterocycles. The number of carbonyl (C=O) groups is 1. The van der Waals surface area contributed by atoms with Crippen LogP contribution in [-0.2, 0) is 4.79 Å². The lowest BCUT2D eigenvalue weighted by Gasteiger charge is -2.38. The van der Waals surface area contributed by atoms with Gasteiger partial charge in [0.15, 0.2) is 0 Å². The molecule has 6 heteroatoms. The van der Waals surface area contributed by atoms with Crippen molar-refractivity contribution in [2.75, 3.05) is 37.6 Å². The highest BCUT2D eigenvalue weighted by Gasteiger charge is 2.25. The van der Waals surface area contributed by atoms with Crippen LogP contribution in [0, 0.1) is 5.82 Å². The molecule has 0 radical (unpaired) electrons. The number of amides is 1. The minimum atomic E-state index is -0.218. The van der Waals surface area contributed by atoms with Crippen molar-refractivity contribution >= 4 is 11.6 Å². The summed E-state index contributed by atoms with van der Waals surface area (Å²) in [7, 11) is 0. The molecule has 1 aromatic carbocycles. The molecule has 1 aliphatic rings. The SMILES string of the molecule is CC(N)CCNC(=O)C(C)N1CCN(c2ccc(F)cc2)CC1. The lowest BCUT2D eigenvalue weighted by molar-refractivity contribution is -0.126. The van der Waals surface area contributed by atoms with Crippen LogP contribution >= 0.6 is 0 Å². The number of hydrogen-bond acceptors (Lipinski definition) is 4. The summed E-state index contributed by atoms with van der Waals surface area (Å²) in [6, 6.07) is 6.53. The smallest absolute Gasteiger partial charge is 0.237 e. The van der Waals surface area contributed by atoms with E-state index in [0.717, 1.165) is 38.3 Å². The van der Waals surface area contributed by atoms with Gasteiger partial charge in [0, 0.05) is 44.5 Å². The molecule has 0 saturated carbocycles. The molecule has 1 heterocycles. The minimum absolute atomic E-state index is 0.0564. The Bertz CT molecular complexity index is 498. The molecule has 2 rings (SSSR count). The molecule has 0 bridgehead atoms. The topological polar surface area (TPSA) is 61.6 Å². The van der Waals surface area contributed by atoms with Crippen molar-refractivity contribution < 1.29 is 9.18 Å². The molecule has 2 unspecified atom stereocenters. The van der Waals surface area contributed by atoms with Gasteiger partial charge < -0.3 is 16.0 Å². The lowest BCUT2D eigenvalue weighted by atomic mass is 10.2. The van der Waals surface area contributed by atoms with Crippen LogP contribution in [0.25, 0.3) is 0 Å². The molecule has 3 N–H and O–H groups in total. The number of halogens is 1. The zero-order valence-electron chi connectivity index (χ0n) is 14.0. The molecule has 1 saturated heterocycles. The van der Waals surface area contributed by atoms with E-state index >= 15 is 0 Å². The molecule has 128 valence electrons. The van der Waals surface area contributed by atoms with Crippen LogP contribution in [0.2, 0.25) is 0 Å². The van der Waals surface area contributed by atoms with Crippen molar-refractivity contribution in [1.82, 2.24) is 10.2 Å². The normalized spacial score (nSPS) is 18.5. The largest absolute Gasteiger partial charge is 0.369 e. The Labute approximate surface area is 137 Å².